The molecule has 1 saturated heterocycles. The minimum atomic E-state index is -0.429. The molecule has 3 N–H and O–H groups in total. The van der Waals surface area contributed by atoms with E-state index in [-0.39, 0.29) is 19.0 Å². The summed E-state index contributed by atoms with van der Waals surface area (Å²) in [6, 6.07) is -0.429. The van der Waals surface area contributed by atoms with Crippen LogP contribution >= 0.6 is 0 Å². The first-order valence-electron chi connectivity index (χ1n) is 5.69. The molecule has 1 aliphatic rings. The van der Waals surface area contributed by atoms with E-state index in [0.717, 1.165) is 23.3 Å². The summed E-state index contributed by atoms with van der Waals surface area (Å²) >= 11 is 0. The van der Waals surface area contributed by atoms with Gasteiger partial charge in [0.05, 0.1) is 13.2 Å². The molecule has 0 atom stereocenters. The zero-order valence-electron chi connectivity index (χ0n) is 10.1. The van der Waals surface area contributed by atoms with Gasteiger partial charge >= 0.3 is 6.03 Å². The molecule has 1 rings (SSSR count). The van der Waals surface area contributed by atoms with Crippen LogP contribution in [0.2, 0.25) is 0 Å². The quantitative estimate of drug-likeness (QED) is 0.739. The normalized spacial score (nSPS) is 15.3. The van der Waals surface area contributed by atoms with Crippen molar-refractivity contribution in [2.75, 3.05) is 26.3 Å². The lowest BCUT2D eigenvalue weighted by molar-refractivity contribution is -0.125. The van der Waals surface area contributed by atoms with Gasteiger partial charge in [-0.2, -0.15) is 0 Å². The van der Waals surface area contributed by atoms with Gasteiger partial charge in [0.15, 0.2) is 0 Å². The van der Waals surface area contributed by atoms with E-state index in [9.17, 15) is 9.59 Å². The first kappa shape index (κ1) is 13.7. The highest BCUT2D eigenvalue weighted by atomic mass is 16.5. The topological polar surface area (TPSA) is 84.7 Å². The first-order valence-corrected chi connectivity index (χ1v) is 5.69. The lowest BCUT2D eigenvalue weighted by atomic mass is 10.1. The average molecular weight is 241 g/mol. The molecule has 0 bridgehead atoms. The number of urea groups is 1. The van der Waals surface area contributed by atoms with E-state index < -0.39 is 6.03 Å². The second kappa shape index (κ2) is 7.03. The van der Waals surface area contributed by atoms with Crippen LogP contribution in [0.4, 0.5) is 4.79 Å². The Balaban J connectivity index is 2.48. The molecule has 0 unspecified atom stereocenters. The largest absolute Gasteiger partial charge is 0.381 e. The third kappa shape index (κ3) is 4.54. The molecule has 0 aliphatic carbocycles. The van der Waals surface area contributed by atoms with Crippen LogP contribution in [0.3, 0.4) is 0 Å². The van der Waals surface area contributed by atoms with Crippen molar-refractivity contribution in [1.29, 1.82) is 0 Å². The van der Waals surface area contributed by atoms with Crippen molar-refractivity contribution < 1.29 is 14.3 Å². The van der Waals surface area contributed by atoms with Gasteiger partial charge in [-0.3, -0.25) is 9.69 Å². The zero-order valence-corrected chi connectivity index (χ0v) is 10.1. The highest BCUT2D eigenvalue weighted by molar-refractivity contribution is 5.93. The summed E-state index contributed by atoms with van der Waals surface area (Å²) < 4.78 is 5.20. The summed E-state index contributed by atoms with van der Waals surface area (Å²) in [5.41, 5.74) is 6.46. The summed E-state index contributed by atoms with van der Waals surface area (Å²) in [5, 5.41) is 2.61. The highest BCUT2D eigenvalue weighted by Gasteiger charge is 2.16. The van der Waals surface area contributed by atoms with E-state index in [2.05, 4.69) is 5.32 Å². The molecule has 0 radical (unpaired) electrons. The van der Waals surface area contributed by atoms with Gasteiger partial charge < -0.3 is 15.8 Å². The maximum absolute atomic E-state index is 11.7. The Morgan fingerprint density at radius 1 is 1.47 bits per heavy atom. The van der Waals surface area contributed by atoms with Crippen molar-refractivity contribution in [3.8, 4) is 0 Å². The monoisotopic (exact) mass is 241 g/mol. The molecule has 0 aromatic heterocycles. The van der Waals surface area contributed by atoms with Gasteiger partial charge in [0, 0.05) is 26.2 Å². The number of carbonyl (C=O) groups excluding carboxylic acids is 2. The lowest BCUT2D eigenvalue weighted by Crippen LogP contribution is -2.43. The van der Waals surface area contributed by atoms with E-state index in [0.29, 0.717) is 13.2 Å². The van der Waals surface area contributed by atoms with Crippen molar-refractivity contribution in [2.24, 2.45) is 5.73 Å². The molecule has 96 valence electrons. The fourth-order valence-corrected chi connectivity index (χ4v) is 1.55. The Morgan fingerprint density at radius 3 is 2.65 bits per heavy atom. The number of amides is 3. The molecular formula is C11H19N3O3. The van der Waals surface area contributed by atoms with Gasteiger partial charge in [-0.15, -0.1) is 0 Å². The average Bonchev–Trinajstić information content (AvgIpc) is 2.34. The Labute approximate surface area is 101 Å². The minimum Gasteiger partial charge on any atom is -0.381 e. The predicted octanol–water partition coefficient (Wildman–Crippen LogP) is 0.197. The third-order valence-corrected chi connectivity index (χ3v) is 2.51. The number of imide groups is 1. The molecule has 6 heteroatoms. The van der Waals surface area contributed by atoms with Gasteiger partial charge in [0.25, 0.3) is 0 Å². The molecule has 3 amide bonds. The molecule has 0 aromatic carbocycles. The van der Waals surface area contributed by atoms with Crippen LogP contribution in [-0.4, -0.2) is 43.1 Å². The van der Waals surface area contributed by atoms with E-state index >= 15 is 0 Å². The van der Waals surface area contributed by atoms with Crippen LogP contribution in [0, 0.1) is 0 Å². The SMILES string of the molecule is CC(=O)N(CCN)C(=O)NC=C1CCOCC1. The van der Waals surface area contributed by atoms with Crippen molar-refractivity contribution >= 4 is 11.9 Å². The van der Waals surface area contributed by atoms with Gasteiger partial charge in [-0.1, -0.05) is 0 Å². The van der Waals surface area contributed by atoms with Crippen molar-refractivity contribution in [1.82, 2.24) is 10.2 Å². The first-order chi connectivity index (χ1) is 8.15. The molecule has 6 nitrogen and oxygen atoms in total. The molecular weight excluding hydrogens is 222 g/mol. The number of nitrogens with zero attached hydrogens (tertiary/aromatic N) is 1. The standard InChI is InChI=1S/C11H19N3O3/c1-9(15)14(5-4-12)11(16)13-8-10-2-6-17-7-3-10/h8H,2-7,12H2,1H3,(H,13,16). The van der Waals surface area contributed by atoms with Crippen LogP contribution in [0.1, 0.15) is 19.8 Å². The number of hydrogen-bond donors (Lipinski definition) is 2. The number of nitrogens with two attached hydrogens (primary N) is 1. The predicted molar refractivity (Wildman–Crippen MR) is 63.1 cm³/mol. The van der Waals surface area contributed by atoms with Crippen LogP contribution < -0.4 is 11.1 Å². The highest BCUT2D eigenvalue weighted by Crippen LogP contribution is 2.11. The molecule has 0 aromatic rings. The number of nitrogens with one attached hydrogen (secondary N) is 1. The lowest BCUT2D eigenvalue weighted by Gasteiger charge is -2.19. The fraction of sp³-hybridized carbons (Fsp3) is 0.636. The third-order valence-electron chi connectivity index (χ3n) is 2.51. The van der Waals surface area contributed by atoms with E-state index in [1.807, 2.05) is 0 Å². The Bertz CT molecular complexity index is 307. The summed E-state index contributed by atoms with van der Waals surface area (Å²) in [6.45, 7) is 3.20. The molecule has 17 heavy (non-hydrogen) atoms. The minimum absolute atomic E-state index is 0.230. The zero-order chi connectivity index (χ0) is 12.7. The summed E-state index contributed by atoms with van der Waals surface area (Å²) in [5.74, 6) is -0.307. The van der Waals surface area contributed by atoms with Crippen molar-refractivity contribution in [3.63, 3.8) is 0 Å². The van der Waals surface area contributed by atoms with Crippen LogP contribution in [0.15, 0.2) is 11.8 Å². The van der Waals surface area contributed by atoms with Gasteiger partial charge in [-0.05, 0) is 18.4 Å². The van der Waals surface area contributed by atoms with Gasteiger partial charge in [0.2, 0.25) is 5.91 Å². The van der Waals surface area contributed by atoms with Crippen LogP contribution in [0.5, 0.6) is 0 Å². The van der Waals surface area contributed by atoms with Crippen molar-refractivity contribution in [3.05, 3.63) is 11.8 Å². The Kier molecular flexibility index (Phi) is 5.65. The summed E-state index contributed by atoms with van der Waals surface area (Å²) in [7, 11) is 0. The second-order valence-corrected chi connectivity index (χ2v) is 3.82. The van der Waals surface area contributed by atoms with E-state index in [1.54, 1.807) is 6.20 Å². The molecule has 1 aliphatic heterocycles. The Morgan fingerprint density at radius 2 is 2.12 bits per heavy atom. The molecule has 1 heterocycles. The number of ether oxygens (including phenoxy) is 1. The van der Waals surface area contributed by atoms with Gasteiger partial charge in [0.1, 0.15) is 0 Å². The van der Waals surface area contributed by atoms with Crippen molar-refractivity contribution in [2.45, 2.75) is 19.8 Å². The van der Waals surface area contributed by atoms with E-state index in [1.165, 1.54) is 6.92 Å². The maximum atomic E-state index is 11.7. The smallest absolute Gasteiger partial charge is 0.328 e. The second-order valence-electron chi connectivity index (χ2n) is 3.82. The fourth-order valence-electron chi connectivity index (χ4n) is 1.55. The summed E-state index contributed by atoms with van der Waals surface area (Å²) in [4.78, 5) is 24.0. The number of rotatable bonds is 3. The van der Waals surface area contributed by atoms with E-state index in [4.69, 9.17) is 10.5 Å². The maximum Gasteiger partial charge on any atom is 0.328 e. The summed E-state index contributed by atoms with van der Waals surface area (Å²) in [6.07, 6.45) is 3.30. The van der Waals surface area contributed by atoms with Crippen LogP contribution in [-0.2, 0) is 9.53 Å². The molecule has 1 fully saturated rings. The number of hydrogen-bond acceptors (Lipinski definition) is 4. The van der Waals surface area contributed by atoms with Crippen LogP contribution in [0.25, 0.3) is 0 Å². The van der Waals surface area contributed by atoms with Gasteiger partial charge in [-0.25, -0.2) is 4.79 Å². The number of carbonyl (C=O) groups is 2. The molecule has 0 spiro atoms. The molecule has 0 saturated carbocycles. The Hall–Kier alpha value is -1.40.